The maximum Gasteiger partial charge on any atom is 0.411 e. The summed E-state index contributed by atoms with van der Waals surface area (Å²) in [4.78, 5) is 40.9. The number of esters is 2. The number of ether oxygens (including phenoxy) is 4. The lowest BCUT2D eigenvalue weighted by molar-refractivity contribution is -0.155. The van der Waals surface area contributed by atoms with Gasteiger partial charge >= 0.3 is 18.0 Å². The third kappa shape index (κ3) is 7.84. The van der Waals surface area contributed by atoms with Crippen molar-refractivity contribution in [1.29, 1.82) is 5.26 Å². The van der Waals surface area contributed by atoms with Gasteiger partial charge in [-0.3, -0.25) is 4.90 Å². The number of thioether (sulfide) groups is 1. The number of methoxy groups -OCH3 is 1. The summed E-state index contributed by atoms with van der Waals surface area (Å²) in [6.45, 7) is 11.4. The first-order chi connectivity index (χ1) is 17.7. The van der Waals surface area contributed by atoms with Gasteiger partial charge in [0.1, 0.15) is 17.2 Å². The van der Waals surface area contributed by atoms with Crippen molar-refractivity contribution in [3.8, 4) is 6.07 Å². The van der Waals surface area contributed by atoms with Crippen molar-refractivity contribution in [3.63, 3.8) is 0 Å². The van der Waals surface area contributed by atoms with Gasteiger partial charge in [0.25, 0.3) is 0 Å². The Labute approximate surface area is 234 Å². The highest BCUT2D eigenvalue weighted by Crippen LogP contribution is 2.48. The zero-order valence-corrected chi connectivity index (χ0v) is 24.6. The van der Waals surface area contributed by atoms with Crippen LogP contribution in [0.5, 0.6) is 0 Å². The monoisotopic (exact) mass is 564 g/mol. The Kier molecular flexibility index (Phi) is 10.6. The first-order valence-corrected chi connectivity index (χ1v) is 13.5. The first-order valence-electron chi connectivity index (χ1n) is 12.3. The van der Waals surface area contributed by atoms with Gasteiger partial charge in [0.15, 0.2) is 6.10 Å². The van der Waals surface area contributed by atoms with Crippen LogP contribution in [0.2, 0.25) is 0 Å². The Balaban J connectivity index is 2.48. The molecule has 1 heterocycles. The standard InChI is InChI=1S/C27H36N2O7S2/c1-8-34-24(37)38-26(5,6)19-14-27(22(31)33-7,29(17-19)23(32)36-25(2,3)4)15-20(16-28)35-21(30)18-12-10-9-11-13-18/h9-13,19-20H,8,14-15,17H2,1-7H3/t19-,20?,27-/m1/s1. The van der Waals surface area contributed by atoms with E-state index < -0.39 is 40.0 Å². The molecule has 1 aromatic rings. The third-order valence-electron chi connectivity index (χ3n) is 6.20. The van der Waals surface area contributed by atoms with Crippen LogP contribution in [0.25, 0.3) is 0 Å². The Morgan fingerprint density at radius 2 is 1.84 bits per heavy atom. The first kappa shape index (κ1) is 31.4. The van der Waals surface area contributed by atoms with Gasteiger partial charge in [-0.2, -0.15) is 5.26 Å². The molecule has 1 aromatic carbocycles. The van der Waals surface area contributed by atoms with E-state index in [2.05, 4.69) is 0 Å². The molecule has 2 rings (SSSR count). The topological polar surface area (TPSA) is 115 Å². The molecule has 1 aliphatic heterocycles. The van der Waals surface area contributed by atoms with Crippen LogP contribution < -0.4 is 0 Å². The molecular formula is C27H36N2O7S2. The Hall–Kier alpha value is -2.84. The number of hydrogen-bond donors (Lipinski definition) is 0. The average Bonchev–Trinajstić information content (AvgIpc) is 3.24. The second-order valence-electron chi connectivity index (χ2n) is 10.5. The predicted molar refractivity (Wildman–Crippen MR) is 148 cm³/mol. The molecule has 1 fully saturated rings. The highest BCUT2D eigenvalue weighted by atomic mass is 32.2. The van der Waals surface area contributed by atoms with Crippen molar-refractivity contribution < 1.29 is 33.3 Å². The summed E-state index contributed by atoms with van der Waals surface area (Å²) in [5.41, 5.74) is -2.20. The zero-order chi connectivity index (χ0) is 28.7. The van der Waals surface area contributed by atoms with Crippen LogP contribution in [0, 0.1) is 17.2 Å². The van der Waals surface area contributed by atoms with Gasteiger partial charge in [-0.05, 0) is 78.2 Å². The van der Waals surface area contributed by atoms with E-state index in [-0.39, 0.29) is 30.9 Å². The number of rotatable bonds is 8. The molecule has 1 amide bonds. The van der Waals surface area contributed by atoms with Gasteiger partial charge in [0.2, 0.25) is 4.38 Å². The SMILES string of the molecule is CCOC(=S)SC(C)(C)[C@H]1CN(C(=O)OC(C)(C)C)[C@](CC(C#N)OC(=O)c2ccccc2)(C(=O)OC)C1. The number of amides is 1. The van der Waals surface area contributed by atoms with Crippen LogP contribution in [0.4, 0.5) is 4.79 Å². The molecule has 38 heavy (non-hydrogen) atoms. The summed E-state index contributed by atoms with van der Waals surface area (Å²) in [5, 5.41) is 9.91. The summed E-state index contributed by atoms with van der Waals surface area (Å²) in [5.74, 6) is -1.72. The number of nitriles is 1. The summed E-state index contributed by atoms with van der Waals surface area (Å²) in [6.07, 6.45) is -2.23. The number of thiocarbonyl (C=S) groups is 1. The minimum absolute atomic E-state index is 0.129. The highest BCUT2D eigenvalue weighted by molar-refractivity contribution is 8.23. The summed E-state index contributed by atoms with van der Waals surface area (Å²) in [6, 6.07) is 10.2. The second-order valence-corrected chi connectivity index (χ2v) is 12.8. The van der Waals surface area contributed by atoms with E-state index in [1.54, 1.807) is 51.1 Å². The third-order valence-corrected chi connectivity index (χ3v) is 7.71. The number of benzene rings is 1. The number of carbonyl (C=O) groups is 3. The molecule has 1 aliphatic rings. The van der Waals surface area contributed by atoms with E-state index in [1.165, 1.54) is 23.8 Å². The van der Waals surface area contributed by atoms with E-state index in [1.807, 2.05) is 26.8 Å². The Morgan fingerprint density at radius 1 is 1.21 bits per heavy atom. The molecule has 1 saturated heterocycles. The fraction of sp³-hybridized carbons (Fsp3) is 0.593. The maximum atomic E-state index is 13.5. The molecule has 9 nitrogen and oxygen atoms in total. The number of hydrogen-bond acceptors (Lipinski definition) is 10. The van der Waals surface area contributed by atoms with Crippen LogP contribution in [0.15, 0.2) is 30.3 Å². The molecule has 0 spiro atoms. The minimum atomic E-state index is -1.62. The molecule has 0 bridgehead atoms. The fourth-order valence-electron chi connectivity index (χ4n) is 4.31. The molecule has 0 aliphatic carbocycles. The van der Waals surface area contributed by atoms with Crippen LogP contribution >= 0.6 is 24.0 Å². The normalized spacial score (nSPS) is 20.2. The zero-order valence-electron chi connectivity index (χ0n) is 22.9. The lowest BCUT2D eigenvalue weighted by atomic mass is 9.82. The lowest BCUT2D eigenvalue weighted by Crippen LogP contribution is -2.56. The van der Waals surface area contributed by atoms with Crippen LogP contribution in [-0.4, -0.2) is 69.6 Å². The van der Waals surface area contributed by atoms with Crippen LogP contribution in [-0.2, 0) is 23.7 Å². The molecule has 0 N–H and O–H groups in total. The molecule has 3 atom stereocenters. The van der Waals surface area contributed by atoms with E-state index in [4.69, 9.17) is 31.2 Å². The van der Waals surface area contributed by atoms with Gasteiger partial charge < -0.3 is 18.9 Å². The van der Waals surface area contributed by atoms with Crippen molar-refractivity contribution in [2.45, 2.75) is 76.4 Å². The smallest absolute Gasteiger partial charge is 0.411 e. The predicted octanol–water partition coefficient (Wildman–Crippen LogP) is 5.13. The fourth-order valence-corrected chi connectivity index (χ4v) is 6.00. The number of likely N-dealkylation sites (tertiary alicyclic amines) is 1. The highest BCUT2D eigenvalue weighted by Gasteiger charge is 2.59. The molecule has 0 radical (unpaired) electrons. The van der Waals surface area contributed by atoms with E-state index in [0.717, 1.165) is 0 Å². The van der Waals surface area contributed by atoms with Crippen LogP contribution in [0.3, 0.4) is 0 Å². The molecular weight excluding hydrogens is 528 g/mol. The number of carbonyl (C=O) groups excluding carboxylic acids is 3. The van der Waals surface area contributed by atoms with E-state index in [0.29, 0.717) is 11.0 Å². The van der Waals surface area contributed by atoms with E-state index >= 15 is 0 Å². The van der Waals surface area contributed by atoms with Gasteiger partial charge in [-0.15, -0.1) is 0 Å². The minimum Gasteiger partial charge on any atom is -0.479 e. The van der Waals surface area contributed by atoms with Crippen molar-refractivity contribution in [2.75, 3.05) is 20.3 Å². The molecule has 0 saturated carbocycles. The lowest BCUT2D eigenvalue weighted by Gasteiger charge is -2.37. The molecule has 0 aromatic heterocycles. The molecule has 11 heteroatoms. The van der Waals surface area contributed by atoms with Gasteiger partial charge in [-0.1, -0.05) is 30.0 Å². The second kappa shape index (κ2) is 12.8. The van der Waals surface area contributed by atoms with Gasteiger partial charge in [0, 0.05) is 17.7 Å². The number of nitrogens with zero attached hydrogens (tertiary/aromatic N) is 2. The molecule has 1 unspecified atom stereocenters. The van der Waals surface area contributed by atoms with E-state index in [9.17, 15) is 19.6 Å². The average molecular weight is 565 g/mol. The summed E-state index contributed by atoms with van der Waals surface area (Å²) >= 11 is 6.68. The molecule has 208 valence electrons. The van der Waals surface area contributed by atoms with Gasteiger partial charge in [-0.25, -0.2) is 14.4 Å². The Morgan fingerprint density at radius 3 is 2.37 bits per heavy atom. The van der Waals surface area contributed by atoms with Gasteiger partial charge in [0.05, 0.1) is 19.3 Å². The van der Waals surface area contributed by atoms with Crippen molar-refractivity contribution >= 4 is 46.4 Å². The maximum absolute atomic E-state index is 13.5. The quantitative estimate of drug-likeness (QED) is 0.239. The summed E-state index contributed by atoms with van der Waals surface area (Å²) < 4.78 is 21.5. The van der Waals surface area contributed by atoms with Crippen molar-refractivity contribution in [2.24, 2.45) is 5.92 Å². The summed E-state index contributed by atoms with van der Waals surface area (Å²) in [7, 11) is 1.21. The van der Waals surface area contributed by atoms with Crippen LogP contribution in [0.1, 0.15) is 64.7 Å². The van der Waals surface area contributed by atoms with Crippen molar-refractivity contribution in [1.82, 2.24) is 4.90 Å². The Bertz CT molecular complexity index is 1070. The largest absolute Gasteiger partial charge is 0.479 e. The van der Waals surface area contributed by atoms with Crippen molar-refractivity contribution in [3.05, 3.63) is 35.9 Å².